The lowest BCUT2D eigenvalue weighted by Gasteiger charge is -2.30. The molecule has 132 valence electrons. The molecule has 0 fully saturated rings. The summed E-state index contributed by atoms with van der Waals surface area (Å²) in [5.41, 5.74) is 4.17. The number of aromatic nitrogens is 1. The molecule has 0 saturated heterocycles. The van der Waals surface area contributed by atoms with Crippen LogP contribution in [-0.2, 0) is 12.0 Å². The van der Waals surface area contributed by atoms with Gasteiger partial charge >= 0.3 is 0 Å². The van der Waals surface area contributed by atoms with Gasteiger partial charge in [0.25, 0.3) is 0 Å². The van der Waals surface area contributed by atoms with Crippen LogP contribution in [0.3, 0.4) is 0 Å². The van der Waals surface area contributed by atoms with Gasteiger partial charge in [-0.2, -0.15) is 0 Å². The molecule has 0 saturated carbocycles. The SMILES string of the molecule is CC.CC1C/C=C\C(C)(n2c3c(c4ccccc42)CCC=C3)/C=C\C1. The molecule has 2 aliphatic rings. The van der Waals surface area contributed by atoms with Gasteiger partial charge in [-0.15, -0.1) is 0 Å². The van der Waals surface area contributed by atoms with Crippen LogP contribution < -0.4 is 0 Å². The summed E-state index contributed by atoms with van der Waals surface area (Å²) in [6.45, 7) is 8.66. The number of allylic oxidation sites excluding steroid dienone is 5. The van der Waals surface area contributed by atoms with Gasteiger partial charge in [0.05, 0.1) is 5.54 Å². The zero-order valence-corrected chi connectivity index (χ0v) is 16.1. The van der Waals surface area contributed by atoms with E-state index < -0.39 is 0 Å². The van der Waals surface area contributed by atoms with Crippen LogP contribution in [0.25, 0.3) is 17.0 Å². The highest BCUT2D eigenvalue weighted by Gasteiger charge is 2.28. The van der Waals surface area contributed by atoms with Crippen molar-refractivity contribution in [1.29, 1.82) is 0 Å². The Balaban J connectivity index is 0.000000880. The Bertz CT molecular complexity index is 800. The Labute approximate surface area is 152 Å². The third kappa shape index (κ3) is 3.25. The van der Waals surface area contributed by atoms with E-state index in [4.69, 9.17) is 0 Å². The Morgan fingerprint density at radius 2 is 1.68 bits per heavy atom. The molecule has 1 nitrogen and oxygen atoms in total. The fraction of sp³-hybridized carbons (Fsp3) is 0.417. The van der Waals surface area contributed by atoms with E-state index in [0.717, 1.165) is 31.6 Å². The molecule has 0 unspecified atom stereocenters. The zero-order chi connectivity index (χ0) is 17.9. The Kier molecular flexibility index (Phi) is 5.32. The lowest BCUT2D eigenvalue weighted by atomic mass is 9.92. The van der Waals surface area contributed by atoms with Gasteiger partial charge in [0.15, 0.2) is 0 Å². The average molecular weight is 334 g/mol. The van der Waals surface area contributed by atoms with E-state index >= 15 is 0 Å². The molecule has 1 heteroatoms. The minimum absolute atomic E-state index is 0.0883. The van der Waals surface area contributed by atoms with Crippen LogP contribution in [0, 0.1) is 5.92 Å². The summed E-state index contributed by atoms with van der Waals surface area (Å²) in [5, 5.41) is 1.42. The molecule has 4 rings (SSSR count). The monoisotopic (exact) mass is 333 g/mol. The summed E-state index contributed by atoms with van der Waals surface area (Å²) in [6, 6.07) is 8.89. The normalized spacial score (nSPS) is 27.6. The van der Waals surface area contributed by atoms with Crippen LogP contribution in [0.15, 0.2) is 54.6 Å². The molecule has 25 heavy (non-hydrogen) atoms. The van der Waals surface area contributed by atoms with Gasteiger partial charge in [-0.3, -0.25) is 0 Å². The minimum Gasteiger partial charge on any atom is -0.328 e. The highest BCUT2D eigenvalue weighted by Crippen LogP contribution is 2.37. The second-order valence-corrected chi connectivity index (χ2v) is 7.26. The topological polar surface area (TPSA) is 4.93 Å². The van der Waals surface area contributed by atoms with Crippen LogP contribution in [-0.4, -0.2) is 4.57 Å². The number of nitrogens with zero attached hydrogens (tertiary/aromatic N) is 1. The summed E-state index contributed by atoms with van der Waals surface area (Å²) >= 11 is 0. The zero-order valence-electron chi connectivity index (χ0n) is 16.1. The number of aryl methyl sites for hydroxylation is 1. The quantitative estimate of drug-likeness (QED) is 0.501. The summed E-state index contributed by atoms with van der Waals surface area (Å²) in [4.78, 5) is 0. The fourth-order valence-corrected chi connectivity index (χ4v) is 4.08. The van der Waals surface area contributed by atoms with E-state index in [2.05, 4.69) is 79.1 Å². The highest BCUT2D eigenvalue weighted by atomic mass is 15.1. The third-order valence-electron chi connectivity index (χ3n) is 5.33. The molecule has 0 bridgehead atoms. The summed E-state index contributed by atoms with van der Waals surface area (Å²) in [7, 11) is 0. The molecule has 0 N–H and O–H groups in total. The first kappa shape index (κ1) is 17.8. The summed E-state index contributed by atoms with van der Waals surface area (Å²) in [5.74, 6) is 0.738. The number of rotatable bonds is 1. The van der Waals surface area contributed by atoms with Crippen molar-refractivity contribution in [2.24, 2.45) is 5.92 Å². The standard InChI is InChI=1S/C22H25N.C2H6/c1-17-9-7-15-22(2,16-8-10-17)23-20-13-5-3-11-18(20)19-12-4-6-14-21(19)23;1-2/h3,5-8,11,13-17H,4,9-10,12H2,1-2H3;1-2H3/b15-7-,16-8-;. The Hall–Kier alpha value is -2.02. The molecule has 2 aliphatic carbocycles. The van der Waals surface area contributed by atoms with Gasteiger partial charge < -0.3 is 4.57 Å². The predicted octanol–water partition coefficient (Wildman–Crippen LogP) is 6.88. The molecule has 0 radical (unpaired) electrons. The van der Waals surface area contributed by atoms with Crippen molar-refractivity contribution in [3.8, 4) is 0 Å². The molecule has 0 amide bonds. The largest absolute Gasteiger partial charge is 0.328 e. The van der Waals surface area contributed by atoms with E-state index in [1.807, 2.05) is 13.8 Å². The predicted molar refractivity (Wildman–Crippen MR) is 111 cm³/mol. The second kappa shape index (κ2) is 7.47. The molecule has 1 aromatic carbocycles. The van der Waals surface area contributed by atoms with Crippen LogP contribution in [0.4, 0.5) is 0 Å². The van der Waals surface area contributed by atoms with Gasteiger partial charge in [-0.05, 0) is 56.2 Å². The van der Waals surface area contributed by atoms with Crippen molar-refractivity contribution in [2.45, 2.75) is 58.9 Å². The van der Waals surface area contributed by atoms with Gasteiger partial charge in [0.1, 0.15) is 0 Å². The first-order valence-corrected chi connectivity index (χ1v) is 9.84. The van der Waals surface area contributed by atoms with Crippen LogP contribution in [0.5, 0.6) is 0 Å². The van der Waals surface area contributed by atoms with Gasteiger partial charge in [-0.1, -0.05) is 69.4 Å². The average Bonchev–Trinajstić information content (AvgIpc) is 2.97. The van der Waals surface area contributed by atoms with Crippen molar-refractivity contribution in [3.05, 3.63) is 65.9 Å². The Morgan fingerprint density at radius 3 is 2.40 bits per heavy atom. The number of hydrogen-bond donors (Lipinski definition) is 0. The first-order chi connectivity index (χ1) is 12.2. The first-order valence-electron chi connectivity index (χ1n) is 9.84. The maximum Gasteiger partial charge on any atom is 0.0789 e. The van der Waals surface area contributed by atoms with E-state index in [1.165, 1.54) is 22.2 Å². The Morgan fingerprint density at radius 1 is 1.00 bits per heavy atom. The smallest absolute Gasteiger partial charge is 0.0789 e. The maximum absolute atomic E-state index is 2.54. The van der Waals surface area contributed by atoms with Gasteiger partial charge in [-0.25, -0.2) is 0 Å². The van der Waals surface area contributed by atoms with Crippen molar-refractivity contribution < 1.29 is 0 Å². The van der Waals surface area contributed by atoms with Crippen LogP contribution >= 0.6 is 0 Å². The molecule has 0 aliphatic heterocycles. The molecular formula is C24H31N. The third-order valence-corrected chi connectivity index (χ3v) is 5.33. The molecular weight excluding hydrogens is 302 g/mol. The van der Waals surface area contributed by atoms with Crippen LogP contribution in [0.1, 0.15) is 58.2 Å². The summed E-state index contributed by atoms with van der Waals surface area (Å²) < 4.78 is 2.54. The van der Waals surface area contributed by atoms with Crippen molar-refractivity contribution in [1.82, 2.24) is 4.57 Å². The number of fused-ring (bicyclic) bond motifs is 3. The van der Waals surface area contributed by atoms with Gasteiger partial charge in [0, 0.05) is 16.6 Å². The van der Waals surface area contributed by atoms with Crippen molar-refractivity contribution in [2.75, 3.05) is 0 Å². The molecule has 1 heterocycles. The molecule has 1 aromatic heterocycles. The van der Waals surface area contributed by atoms with Crippen molar-refractivity contribution >= 4 is 17.0 Å². The van der Waals surface area contributed by atoms with Crippen LogP contribution in [0.2, 0.25) is 0 Å². The molecule has 2 aromatic rings. The molecule has 0 atom stereocenters. The number of para-hydroxylation sites is 1. The lowest BCUT2D eigenvalue weighted by Crippen LogP contribution is -2.27. The highest BCUT2D eigenvalue weighted by molar-refractivity contribution is 5.89. The fourth-order valence-electron chi connectivity index (χ4n) is 4.08. The van der Waals surface area contributed by atoms with Gasteiger partial charge in [0.2, 0.25) is 0 Å². The van der Waals surface area contributed by atoms with E-state index in [1.54, 1.807) is 0 Å². The van der Waals surface area contributed by atoms with Crippen molar-refractivity contribution in [3.63, 3.8) is 0 Å². The van der Waals surface area contributed by atoms with E-state index in [0.29, 0.717) is 0 Å². The summed E-state index contributed by atoms with van der Waals surface area (Å²) in [6.07, 6.45) is 18.8. The van der Waals surface area contributed by atoms with E-state index in [9.17, 15) is 0 Å². The second-order valence-electron chi connectivity index (χ2n) is 7.26. The molecule has 0 spiro atoms. The number of hydrogen-bond acceptors (Lipinski definition) is 0. The maximum atomic E-state index is 2.54. The number of benzene rings is 1. The van der Waals surface area contributed by atoms with E-state index in [-0.39, 0.29) is 5.54 Å². The minimum atomic E-state index is -0.0883. The lowest BCUT2D eigenvalue weighted by molar-refractivity contribution is 0.506.